The number of aromatic carboxylic acids is 1. The van der Waals surface area contributed by atoms with Gasteiger partial charge in [-0.15, -0.1) is 0 Å². The highest BCUT2D eigenvalue weighted by Crippen LogP contribution is 2.39. The van der Waals surface area contributed by atoms with Gasteiger partial charge in [-0.1, -0.05) is 18.9 Å². The van der Waals surface area contributed by atoms with Gasteiger partial charge in [-0.25, -0.2) is 9.78 Å². The van der Waals surface area contributed by atoms with Crippen LogP contribution in [0.15, 0.2) is 18.2 Å². The average Bonchev–Trinajstić information content (AvgIpc) is 2.88. The second kappa shape index (κ2) is 6.39. The first-order chi connectivity index (χ1) is 9.15. The van der Waals surface area contributed by atoms with Gasteiger partial charge >= 0.3 is 5.97 Å². The van der Waals surface area contributed by atoms with Crippen molar-refractivity contribution in [3.05, 3.63) is 29.6 Å². The van der Waals surface area contributed by atoms with Crippen molar-refractivity contribution in [1.82, 2.24) is 10.3 Å². The summed E-state index contributed by atoms with van der Waals surface area (Å²) in [6.07, 6.45) is 7.34. The first-order valence-corrected chi connectivity index (χ1v) is 7.83. The molecule has 0 radical (unpaired) electrons. The minimum atomic E-state index is -0.974. The van der Waals surface area contributed by atoms with Crippen LogP contribution in [0.3, 0.4) is 0 Å². The van der Waals surface area contributed by atoms with Crippen LogP contribution in [0.25, 0.3) is 0 Å². The Morgan fingerprint density at radius 3 is 2.84 bits per heavy atom. The zero-order valence-corrected chi connectivity index (χ0v) is 12.0. The van der Waals surface area contributed by atoms with Crippen molar-refractivity contribution >= 4 is 17.7 Å². The lowest BCUT2D eigenvalue weighted by Gasteiger charge is -2.27. The van der Waals surface area contributed by atoms with Crippen LogP contribution in [0, 0.1) is 0 Å². The number of pyridine rings is 1. The zero-order chi connectivity index (χ0) is 13.7. The third-order valence-electron chi connectivity index (χ3n) is 3.73. The molecule has 0 bridgehead atoms. The number of nitrogens with one attached hydrogen (secondary N) is 1. The molecule has 1 aromatic heterocycles. The number of aromatic nitrogens is 1. The summed E-state index contributed by atoms with van der Waals surface area (Å²) in [4.78, 5) is 15.0. The van der Waals surface area contributed by atoms with Gasteiger partial charge in [-0.05, 0) is 31.2 Å². The quantitative estimate of drug-likeness (QED) is 0.838. The molecular formula is C14H20N2O2S. The Hall–Kier alpha value is -1.07. The molecule has 0 amide bonds. The molecule has 0 aliphatic heterocycles. The number of rotatable bonds is 6. The minimum Gasteiger partial charge on any atom is -0.477 e. The molecule has 1 aliphatic carbocycles. The maximum Gasteiger partial charge on any atom is 0.354 e. The molecule has 1 aliphatic rings. The Morgan fingerprint density at radius 1 is 1.47 bits per heavy atom. The van der Waals surface area contributed by atoms with E-state index in [9.17, 15) is 4.79 Å². The van der Waals surface area contributed by atoms with Gasteiger partial charge in [0.1, 0.15) is 5.69 Å². The summed E-state index contributed by atoms with van der Waals surface area (Å²) in [6.45, 7) is 1.59. The Balaban J connectivity index is 1.88. The van der Waals surface area contributed by atoms with Crippen molar-refractivity contribution in [2.75, 3.05) is 12.8 Å². The Labute approximate surface area is 118 Å². The number of carboxylic acid groups (broad SMARTS) is 1. The standard InChI is InChI=1S/C14H20N2O2S/c1-19-14(7-2-3-8-14)10-15-9-11-5-4-6-12(16-11)13(17)18/h4-6,15H,2-3,7-10H2,1H3,(H,17,18). The number of carboxylic acids is 1. The third-order valence-corrected chi connectivity index (χ3v) is 5.15. The Kier molecular flexibility index (Phi) is 4.82. The van der Waals surface area contributed by atoms with Gasteiger partial charge in [0, 0.05) is 17.8 Å². The summed E-state index contributed by atoms with van der Waals surface area (Å²) in [6, 6.07) is 5.12. The molecule has 1 heterocycles. The number of hydrogen-bond donors (Lipinski definition) is 2. The van der Waals surface area contributed by atoms with E-state index in [1.807, 2.05) is 17.8 Å². The van der Waals surface area contributed by atoms with E-state index in [4.69, 9.17) is 5.11 Å². The van der Waals surface area contributed by atoms with Crippen LogP contribution in [0.5, 0.6) is 0 Å². The molecule has 0 unspecified atom stereocenters. The van der Waals surface area contributed by atoms with E-state index < -0.39 is 5.97 Å². The van der Waals surface area contributed by atoms with Crippen LogP contribution in [-0.4, -0.2) is 33.6 Å². The van der Waals surface area contributed by atoms with Crippen LogP contribution in [0.2, 0.25) is 0 Å². The smallest absolute Gasteiger partial charge is 0.354 e. The molecule has 0 atom stereocenters. The monoisotopic (exact) mass is 280 g/mol. The van der Waals surface area contributed by atoms with Gasteiger partial charge in [0.2, 0.25) is 0 Å². The van der Waals surface area contributed by atoms with Gasteiger partial charge in [0.15, 0.2) is 0 Å². The fourth-order valence-corrected chi connectivity index (χ4v) is 3.53. The van der Waals surface area contributed by atoms with Crippen molar-refractivity contribution in [2.24, 2.45) is 0 Å². The Bertz CT molecular complexity index is 445. The van der Waals surface area contributed by atoms with Gasteiger partial charge < -0.3 is 10.4 Å². The van der Waals surface area contributed by atoms with Crippen molar-refractivity contribution < 1.29 is 9.90 Å². The normalized spacial score (nSPS) is 17.5. The van der Waals surface area contributed by atoms with E-state index in [0.29, 0.717) is 11.3 Å². The summed E-state index contributed by atoms with van der Waals surface area (Å²) >= 11 is 1.95. The van der Waals surface area contributed by atoms with E-state index in [1.54, 1.807) is 6.07 Å². The maximum absolute atomic E-state index is 10.8. The average molecular weight is 280 g/mol. The molecule has 2 rings (SSSR count). The topological polar surface area (TPSA) is 62.2 Å². The largest absolute Gasteiger partial charge is 0.477 e. The fraction of sp³-hybridized carbons (Fsp3) is 0.571. The summed E-state index contributed by atoms with van der Waals surface area (Å²) in [7, 11) is 0. The van der Waals surface area contributed by atoms with E-state index in [1.165, 1.54) is 31.7 Å². The number of nitrogens with zero attached hydrogens (tertiary/aromatic N) is 1. The molecule has 4 nitrogen and oxygen atoms in total. The lowest BCUT2D eigenvalue weighted by molar-refractivity contribution is 0.0690. The lowest BCUT2D eigenvalue weighted by Crippen LogP contribution is -2.34. The van der Waals surface area contributed by atoms with E-state index >= 15 is 0 Å². The third kappa shape index (κ3) is 3.70. The lowest BCUT2D eigenvalue weighted by atomic mass is 10.1. The minimum absolute atomic E-state index is 0.111. The van der Waals surface area contributed by atoms with Crippen LogP contribution >= 0.6 is 11.8 Å². The first kappa shape index (κ1) is 14.3. The SMILES string of the molecule is CSC1(CNCc2cccc(C(=O)O)n2)CCCC1. The van der Waals surface area contributed by atoms with Crippen LogP contribution < -0.4 is 5.32 Å². The molecule has 1 fully saturated rings. The maximum atomic E-state index is 10.8. The van der Waals surface area contributed by atoms with Gasteiger partial charge in [-0.3, -0.25) is 0 Å². The molecule has 0 saturated heterocycles. The second-order valence-electron chi connectivity index (χ2n) is 5.02. The van der Waals surface area contributed by atoms with E-state index in [2.05, 4.69) is 16.6 Å². The first-order valence-electron chi connectivity index (χ1n) is 6.60. The van der Waals surface area contributed by atoms with Crippen molar-refractivity contribution in [2.45, 2.75) is 37.0 Å². The molecule has 104 valence electrons. The highest BCUT2D eigenvalue weighted by molar-refractivity contribution is 8.00. The Morgan fingerprint density at radius 2 is 2.21 bits per heavy atom. The molecule has 19 heavy (non-hydrogen) atoms. The van der Waals surface area contributed by atoms with Crippen LogP contribution in [0.1, 0.15) is 41.9 Å². The molecule has 1 aromatic rings. The van der Waals surface area contributed by atoms with E-state index in [0.717, 1.165) is 12.2 Å². The van der Waals surface area contributed by atoms with Crippen LogP contribution in [0.4, 0.5) is 0 Å². The van der Waals surface area contributed by atoms with Crippen LogP contribution in [-0.2, 0) is 6.54 Å². The summed E-state index contributed by atoms with van der Waals surface area (Å²) < 4.78 is 0.365. The molecule has 2 N–H and O–H groups in total. The van der Waals surface area contributed by atoms with Gasteiger partial charge in [0.05, 0.1) is 5.69 Å². The van der Waals surface area contributed by atoms with Gasteiger partial charge in [-0.2, -0.15) is 11.8 Å². The highest BCUT2D eigenvalue weighted by atomic mass is 32.2. The summed E-state index contributed by atoms with van der Waals surface area (Å²) in [5.41, 5.74) is 0.897. The van der Waals surface area contributed by atoms with E-state index in [-0.39, 0.29) is 5.69 Å². The molecular weight excluding hydrogens is 260 g/mol. The molecule has 0 spiro atoms. The number of carbonyl (C=O) groups is 1. The zero-order valence-electron chi connectivity index (χ0n) is 11.2. The fourth-order valence-electron chi connectivity index (χ4n) is 2.59. The van der Waals surface area contributed by atoms with Gasteiger partial charge in [0.25, 0.3) is 0 Å². The number of thioether (sulfide) groups is 1. The summed E-state index contributed by atoms with van der Waals surface area (Å²) in [5, 5.41) is 12.3. The van der Waals surface area contributed by atoms with Crippen molar-refractivity contribution in [3.8, 4) is 0 Å². The molecule has 1 saturated carbocycles. The highest BCUT2D eigenvalue weighted by Gasteiger charge is 2.32. The van der Waals surface area contributed by atoms with Crippen molar-refractivity contribution in [3.63, 3.8) is 0 Å². The predicted molar refractivity (Wildman–Crippen MR) is 77.6 cm³/mol. The summed E-state index contributed by atoms with van der Waals surface area (Å²) in [5.74, 6) is -0.974. The molecule has 5 heteroatoms. The number of hydrogen-bond acceptors (Lipinski definition) is 4. The predicted octanol–water partition coefficient (Wildman–Crippen LogP) is 2.55. The van der Waals surface area contributed by atoms with Crippen molar-refractivity contribution in [1.29, 1.82) is 0 Å². The molecule has 0 aromatic carbocycles. The second-order valence-corrected chi connectivity index (χ2v) is 6.29.